The van der Waals surface area contributed by atoms with Crippen LogP contribution in [0.5, 0.6) is 0 Å². The molecule has 6 heteroatoms. The van der Waals surface area contributed by atoms with Gasteiger partial charge in [-0.3, -0.25) is 14.4 Å². The number of esters is 3. The maximum Gasteiger partial charge on any atom is 0.306 e. The fraction of sp³-hybridized carbons (Fsp3) is 0.704. The van der Waals surface area contributed by atoms with E-state index in [0.29, 0.717) is 19.3 Å². The van der Waals surface area contributed by atoms with Gasteiger partial charge in [-0.1, -0.05) is 271 Å². The van der Waals surface area contributed by atoms with Gasteiger partial charge in [0.05, 0.1) is 0 Å². The first-order valence-electron chi connectivity index (χ1n) is 32.4. The van der Waals surface area contributed by atoms with Crippen molar-refractivity contribution in [3.8, 4) is 0 Å². The monoisotopic (exact) mass is 1070 g/mol. The van der Waals surface area contributed by atoms with Gasteiger partial charge in [-0.25, -0.2) is 0 Å². The minimum Gasteiger partial charge on any atom is -0.462 e. The van der Waals surface area contributed by atoms with Crippen molar-refractivity contribution in [1.29, 1.82) is 0 Å². The predicted octanol–water partition coefficient (Wildman–Crippen LogP) is 22.2. The first-order valence-corrected chi connectivity index (χ1v) is 32.4. The molecule has 0 aromatic carbocycles. The van der Waals surface area contributed by atoms with Gasteiger partial charge in [0.2, 0.25) is 0 Å². The van der Waals surface area contributed by atoms with E-state index in [2.05, 4.69) is 130 Å². The first-order chi connectivity index (χ1) is 38.0. The molecule has 0 heterocycles. The molecular formula is C71H120O6. The molecule has 0 aliphatic carbocycles. The second kappa shape index (κ2) is 64.6. The zero-order valence-electron chi connectivity index (χ0n) is 50.4. The van der Waals surface area contributed by atoms with E-state index in [1.165, 1.54) is 148 Å². The third-order valence-corrected chi connectivity index (χ3v) is 13.7. The zero-order chi connectivity index (χ0) is 55.7. The lowest BCUT2D eigenvalue weighted by molar-refractivity contribution is -0.167. The third kappa shape index (κ3) is 62.8. The van der Waals surface area contributed by atoms with Crippen LogP contribution < -0.4 is 0 Å². The van der Waals surface area contributed by atoms with Crippen LogP contribution in [-0.2, 0) is 28.6 Å². The molecule has 0 aromatic heterocycles. The molecule has 0 aromatic rings. The molecule has 6 nitrogen and oxygen atoms in total. The number of ether oxygens (including phenoxy) is 3. The Kier molecular flexibility index (Phi) is 61.3. The summed E-state index contributed by atoms with van der Waals surface area (Å²) in [5.74, 6) is -0.947. The number of rotatable bonds is 58. The van der Waals surface area contributed by atoms with Crippen molar-refractivity contribution in [1.82, 2.24) is 0 Å². The van der Waals surface area contributed by atoms with Crippen LogP contribution in [-0.4, -0.2) is 37.2 Å². The molecular weight excluding hydrogens is 949 g/mol. The largest absolute Gasteiger partial charge is 0.462 e. The summed E-state index contributed by atoms with van der Waals surface area (Å²) < 4.78 is 16.9. The van der Waals surface area contributed by atoms with Gasteiger partial charge in [0.25, 0.3) is 0 Å². The quantitative estimate of drug-likeness (QED) is 0.0261. The molecule has 440 valence electrons. The van der Waals surface area contributed by atoms with Gasteiger partial charge in [-0.2, -0.15) is 0 Å². The zero-order valence-corrected chi connectivity index (χ0v) is 50.4. The Balaban J connectivity index is 4.31. The molecule has 0 fully saturated rings. The summed E-state index contributed by atoms with van der Waals surface area (Å²) in [7, 11) is 0. The first kappa shape index (κ1) is 73.1. The lowest BCUT2D eigenvalue weighted by atomic mass is 10.0. The maximum absolute atomic E-state index is 12.9. The molecule has 0 aliphatic rings. The Labute approximate surface area is 476 Å². The van der Waals surface area contributed by atoms with E-state index in [0.717, 1.165) is 109 Å². The highest BCUT2D eigenvalue weighted by molar-refractivity contribution is 5.71. The van der Waals surface area contributed by atoms with Crippen molar-refractivity contribution in [2.75, 3.05) is 13.2 Å². The molecule has 0 N–H and O–H groups in total. The van der Waals surface area contributed by atoms with E-state index in [-0.39, 0.29) is 37.5 Å². The highest BCUT2D eigenvalue weighted by Gasteiger charge is 2.19. The minimum atomic E-state index is -0.806. The minimum absolute atomic E-state index is 0.0983. The van der Waals surface area contributed by atoms with Crippen molar-refractivity contribution in [3.63, 3.8) is 0 Å². The van der Waals surface area contributed by atoms with Gasteiger partial charge in [-0.05, 0) is 122 Å². The molecule has 0 saturated heterocycles. The summed E-state index contributed by atoms with van der Waals surface area (Å²) >= 11 is 0. The van der Waals surface area contributed by atoms with Gasteiger partial charge >= 0.3 is 17.9 Å². The second-order valence-corrected chi connectivity index (χ2v) is 21.3. The number of hydrogen-bond donors (Lipinski definition) is 0. The number of carbonyl (C=O) groups excluding carboxylic acids is 3. The molecule has 77 heavy (non-hydrogen) atoms. The van der Waals surface area contributed by atoms with Gasteiger partial charge in [0, 0.05) is 19.3 Å². The van der Waals surface area contributed by atoms with E-state index >= 15 is 0 Å². The van der Waals surface area contributed by atoms with Crippen LogP contribution in [0.3, 0.4) is 0 Å². The molecule has 1 unspecified atom stereocenters. The Morgan fingerprint density at radius 1 is 0.273 bits per heavy atom. The maximum atomic E-state index is 12.9. The predicted molar refractivity (Wildman–Crippen MR) is 334 cm³/mol. The fourth-order valence-electron chi connectivity index (χ4n) is 8.87. The van der Waals surface area contributed by atoms with Crippen LogP contribution in [0.2, 0.25) is 0 Å². The summed E-state index contributed by atoms with van der Waals surface area (Å²) in [6, 6.07) is 0. The van der Waals surface area contributed by atoms with Crippen LogP contribution in [0.1, 0.15) is 303 Å². The molecule has 0 aliphatic heterocycles. The fourth-order valence-corrected chi connectivity index (χ4v) is 8.87. The summed E-state index contributed by atoms with van der Waals surface area (Å²) in [5.41, 5.74) is 0. The topological polar surface area (TPSA) is 78.9 Å². The Morgan fingerprint density at radius 3 is 0.870 bits per heavy atom. The average Bonchev–Trinajstić information content (AvgIpc) is 3.43. The summed E-state index contributed by atoms with van der Waals surface area (Å²) in [6.45, 7) is 6.45. The molecule has 0 bridgehead atoms. The summed E-state index contributed by atoms with van der Waals surface area (Å²) in [4.78, 5) is 38.2. The second-order valence-electron chi connectivity index (χ2n) is 21.3. The van der Waals surface area contributed by atoms with Crippen molar-refractivity contribution in [3.05, 3.63) is 109 Å². The molecule has 1 atom stereocenters. The van der Waals surface area contributed by atoms with Gasteiger partial charge in [0.1, 0.15) is 13.2 Å². The molecule has 0 spiro atoms. The lowest BCUT2D eigenvalue weighted by Crippen LogP contribution is -2.30. The standard InChI is InChI=1S/C71H120O6/c1-4-7-10-13-16-19-22-24-26-28-30-32-33-34-35-36-37-39-40-42-44-46-49-52-55-58-61-64-70(73)76-67-68(66-75-69(72)63-60-57-54-51-48-21-18-15-12-9-6-3)77-71(74)65-62-59-56-53-50-47-45-43-41-38-31-29-27-25-23-20-17-14-11-8-5-2/h8,11,15,17-18,20,22,24-25,27-28,30-31,38,43,45,50,53,68H,4-7,9-10,12-14,16,19,21,23,26,29,32-37,39-42,44,46-49,51-52,54-67H2,1-3H3/b11-8-,18-15-,20-17-,24-22-,27-25-,30-28-,38-31-,45-43-,53-50-. The van der Waals surface area contributed by atoms with Crippen LogP contribution in [0.4, 0.5) is 0 Å². The number of carbonyl (C=O) groups is 3. The highest BCUT2D eigenvalue weighted by atomic mass is 16.6. The van der Waals surface area contributed by atoms with Crippen LogP contribution in [0.15, 0.2) is 109 Å². The van der Waals surface area contributed by atoms with Crippen molar-refractivity contribution < 1.29 is 28.6 Å². The smallest absolute Gasteiger partial charge is 0.306 e. The van der Waals surface area contributed by atoms with E-state index in [4.69, 9.17) is 14.2 Å². The van der Waals surface area contributed by atoms with Gasteiger partial charge < -0.3 is 14.2 Å². The molecule has 0 rings (SSSR count). The molecule has 0 amide bonds. The number of hydrogen-bond acceptors (Lipinski definition) is 6. The van der Waals surface area contributed by atoms with E-state index in [1.54, 1.807) is 0 Å². The van der Waals surface area contributed by atoms with E-state index < -0.39 is 6.10 Å². The van der Waals surface area contributed by atoms with E-state index in [1.807, 2.05) is 0 Å². The Hall–Kier alpha value is -3.93. The molecule has 0 saturated carbocycles. The summed E-state index contributed by atoms with van der Waals surface area (Å²) in [5, 5.41) is 0. The van der Waals surface area contributed by atoms with Crippen LogP contribution in [0.25, 0.3) is 0 Å². The van der Waals surface area contributed by atoms with Crippen molar-refractivity contribution in [2.24, 2.45) is 0 Å². The summed E-state index contributed by atoms with van der Waals surface area (Å²) in [6.07, 6.45) is 88.2. The SMILES string of the molecule is CC/C=C\C/C=C\C/C=C\C/C=C\C/C=C\C/C=C\CCCCC(=O)OC(COC(=O)CCCCCCC/C=C\CCCC)COC(=O)CCCCCCCCCCCCCCCCC/C=C\C/C=C\CCCCCCC. The lowest BCUT2D eigenvalue weighted by Gasteiger charge is -2.18. The normalized spacial score (nSPS) is 12.8. The van der Waals surface area contributed by atoms with Crippen LogP contribution in [0, 0.1) is 0 Å². The van der Waals surface area contributed by atoms with E-state index in [9.17, 15) is 14.4 Å². The number of allylic oxidation sites excluding steroid dienone is 18. The Bertz CT molecular complexity index is 1560. The number of unbranched alkanes of at least 4 members (excludes halogenated alkanes) is 29. The Morgan fingerprint density at radius 2 is 0.519 bits per heavy atom. The van der Waals surface area contributed by atoms with Crippen LogP contribution >= 0.6 is 0 Å². The van der Waals surface area contributed by atoms with Crippen molar-refractivity contribution in [2.45, 2.75) is 309 Å². The highest BCUT2D eigenvalue weighted by Crippen LogP contribution is 2.16. The third-order valence-electron chi connectivity index (χ3n) is 13.7. The van der Waals surface area contributed by atoms with Crippen molar-refractivity contribution >= 4 is 17.9 Å². The van der Waals surface area contributed by atoms with Gasteiger partial charge in [-0.15, -0.1) is 0 Å². The molecule has 0 radical (unpaired) electrons. The average molecular weight is 1070 g/mol. The van der Waals surface area contributed by atoms with Gasteiger partial charge in [0.15, 0.2) is 6.10 Å².